The maximum absolute atomic E-state index is 14.5. The van der Waals surface area contributed by atoms with Gasteiger partial charge in [0.2, 0.25) is 0 Å². The van der Waals surface area contributed by atoms with Crippen molar-refractivity contribution in [2.45, 2.75) is 0 Å². The van der Waals surface area contributed by atoms with Crippen LogP contribution >= 0.6 is 0 Å². The molecule has 4 aromatic heterocycles. The SMILES string of the molecule is Bc1ncc(-c2c(F)cncc2NC(=O)c2c(N)nn3cc(F)cnc23)n1C. The number of nitrogen functional groups attached to an aromatic ring is 1. The quantitative estimate of drug-likeness (QED) is 0.478. The predicted molar refractivity (Wildman–Crippen MR) is 99.9 cm³/mol. The first-order valence-electron chi connectivity index (χ1n) is 8.09. The number of aromatic nitrogens is 6. The molecule has 9 nitrogen and oxygen atoms in total. The van der Waals surface area contributed by atoms with Gasteiger partial charge in [0.05, 0.1) is 53.7 Å². The van der Waals surface area contributed by atoms with E-state index in [1.54, 1.807) is 19.5 Å². The van der Waals surface area contributed by atoms with Crippen LogP contribution in [0, 0.1) is 11.6 Å². The Morgan fingerprint density at radius 3 is 2.71 bits per heavy atom. The number of rotatable bonds is 3. The third-order valence-corrected chi connectivity index (χ3v) is 4.32. The number of imidazole rings is 1. The Morgan fingerprint density at radius 1 is 1.21 bits per heavy atom. The Kier molecular flexibility index (Phi) is 4.02. The van der Waals surface area contributed by atoms with E-state index >= 15 is 0 Å². The fraction of sp³-hybridized carbons (Fsp3) is 0.0625. The summed E-state index contributed by atoms with van der Waals surface area (Å²) in [5, 5.41) is 6.47. The average molecular weight is 382 g/mol. The number of nitrogens with one attached hydrogen (secondary N) is 1. The monoisotopic (exact) mass is 382 g/mol. The van der Waals surface area contributed by atoms with E-state index in [4.69, 9.17) is 5.73 Å². The van der Waals surface area contributed by atoms with E-state index in [2.05, 4.69) is 25.4 Å². The molecule has 0 aliphatic rings. The van der Waals surface area contributed by atoms with Crippen LogP contribution in [0.3, 0.4) is 0 Å². The Labute approximate surface area is 157 Å². The first kappa shape index (κ1) is 17.6. The van der Waals surface area contributed by atoms with E-state index < -0.39 is 17.5 Å². The highest BCUT2D eigenvalue weighted by atomic mass is 19.1. The van der Waals surface area contributed by atoms with Crippen molar-refractivity contribution < 1.29 is 13.6 Å². The Hall–Kier alpha value is -3.83. The van der Waals surface area contributed by atoms with Gasteiger partial charge in [0, 0.05) is 7.05 Å². The van der Waals surface area contributed by atoms with Crippen molar-refractivity contribution in [1.29, 1.82) is 0 Å². The molecule has 0 aliphatic carbocycles. The van der Waals surface area contributed by atoms with Crippen molar-refractivity contribution in [3.05, 3.63) is 48.2 Å². The van der Waals surface area contributed by atoms with Gasteiger partial charge in [-0.1, -0.05) is 0 Å². The fourth-order valence-corrected chi connectivity index (χ4v) is 2.86. The van der Waals surface area contributed by atoms with Crippen LogP contribution in [0.5, 0.6) is 0 Å². The maximum Gasteiger partial charge on any atom is 0.263 e. The number of hydrogen-bond acceptors (Lipinski definition) is 6. The number of fused-ring (bicyclic) bond motifs is 1. The summed E-state index contributed by atoms with van der Waals surface area (Å²) in [5.41, 5.74) is 7.19. The Balaban J connectivity index is 1.79. The van der Waals surface area contributed by atoms with Crippen molar-refractivity contribution in [1.82, 2.24) is 29.1 Å². The molecule has 0 saturated carbocycles. The van der Waals surface area contributed by atoms with Gasteiger partial charge in [-0.15, -0.1) is 5.10 Å². The summed E-state index contributed by atoms with van der Waals surface area (Å²) in [5.74, 6) is -2.09. The molecule has 4 heterocycles. The maximum atomic E-state index is 14.5. The summed E-state index contributed by atoms with van der Waals surface area (Å²) in [6.07, 6.45) is 5.84. The number of amides is 1. The molecule has 0 atom stereocenters. The van der Waals surface area contributed by atoms with Crippen LogP contribution in [0.4, 0.5) is 20.3 Å². The van der Waals surface area contributed by atoms with Gasteiger partial charge in [0.15, 0.2) is 30.9 Å². The molecule has 4 aromatic rings. The van der Waals surface area contributed by atoms with Crippen molar-refractivity contribution in [2.75, 3.05) is 11.1 Å². The van der Waals surface area contributed by atoms with Crippen LogP contribution in [0.25, 0.3) is 16.9 Å². The second-order valence-corrected chi connectivity index (χ2v) is 6.05. The third-order valence-electron chi connectivity index (χ3n) is 4.32. The predicted octanol–water partition coefficient (Wildman–Crippen LogP) is -0.104. The first-order valence-corrected chi connectivity index (χ1v) is 8.09. The minimum Gasteiger partial charge on any atom is -0.381 e. The van der Waals surface area contributed by atoms with Crippen LogP contribution in [-0.4, -0.2) is 42.9 Å². The largest absolute Gasteiger partial charge is 0.381 e. The molecule has 0 radical (unpaired) electrons. The number of nitrogens with two attached hydrogens (primary N) is 1. The molecule has 0 bridgehead atoms. The van der Waals surface area contributed by atoms with E-state index in [0.717, 1.165) is 23.1 Å². The highest BCUT2D eigenvalue weighted by Crippen LogP contribution is 2.30. The summed E-state index contributed by atoms with van der Waals surface area (Å²) < 4.78 is 30.6. The highest BCUT2D eigenvalue weighted by Gasteiger charge is 2.23. The molecule has 0 saturated heterocycles. The van der Waals surface area contributed by atoms with Crippen LogP contribution in [-0.2, 0) is 7.05 Å². The van der Waals surface area contributed by atoms with E-state index in [-0.39, 0.29) is 28.3 Å². The number of halogens is 2. The number of pyridine rings is 1. The molecular formula is C16H13BF2N8O. The topological polar surface area (TPSA) is 116 Å². The molecule has 0 aromatic carbocycles. The van der Waals surface area contributed by atoms with Gasteiger partial charge < -0.3 is 15.6 Å². The van der Waals surface area contributed by atoms with Crippen molar-refractivity contribution >= 4 is 36.6 Å². The normalized spacial score (nSPS) is 11.1. The van der Waals surface area contributed by atoms with Crippen molar-refractivity contribution in [3.63, 3.8) is 0 Å². The molecule has 3 N–H and O–H groups in total. The molecule has 0 spiro atoms. The minimum atomic E-state index is -0.681. The lowest BCUT2D eigenvalue weighted by Gasteiger charge is -2.12. The van der Waals surface area contributed by atoms with Crippen molar-refractivity contribution in [2.24, 2.45) is 7.05 Å². The number of nitrogens with zero attached hydrogens (tertiary/aromatic N) is 6. The molecule has 4 rings (SSSR count). The van der Waals surface area contributed by atoms with E-state index in [9.17, 15) is 13.6 Å². The lowest BCUT2D eigenvalue weighted by molar-refractivity contribution is 0.102. The van der Waals surface area contributed by atoms with Gasteiger partial charge in [-0.3, -0.25) is 14.8 Å². The fourth-order valence-electron chi connectivity index (χ4n) is 2.86. The summed E-state index contributed by atoms with van der Waals surface area (Å²) in [6.45, 7) is 0. The summed E-state index contributed by atoms with van der Waals surface area (Å²) in [6, 6.07) is 0. The van der Waals surface area contributed by atoms with Crippen LogP contribution in [0.2, 0.25) is 0 Å². The average Bonchev–Trinajstić information content (AvgIpc) is 3.14. The Bertz CT molecular complexity index is 1240. The van der Waals surface area contributed by atoms with Gasteiger partial charge in [-0.25, -0.2) is 18.3 Å². The van der Waals surface area contributed by atoms with Crippen LogP contribution < -0.4 is 16.8 Å². The summed E-state index contributed by atoms with van der Waals surface area (Å²) >= 11 is 0. The molecule has 28 heavy (non-hydrogen) atoms. The van der Waals surface area contributed by atoms with Gasteiger partial charge in [-0.05, 0) is 0 Å². The zero-order valence-electron chi connectivity index (χ0n) is 14.8. The van der Waals surface area contributed by atoms with Gasteiger partial charge >= 0.3 is 0 Å². The zero-order valence-corrected chi connectivity index (χ0v) is 14.8. The molecule has 0 aliphatic heterocycles. The molecular weight excluding hydrogens is 369 g/mol. The summed E-state index contributed by atoms with van der Waals surface area (Å²) in [7, 11) is 3.50. The lowest BCUT2D eigenvalue weighted by Crippen LogP contribution is -2.18. The first-order chi connectivity index (χ1) is 13.4. The minimum absolute atomic E-state index is 0.0589. The van der Waals surface area contributed by atoms with Crippen molar-refractivity contribution in [3.8, 4) is 11.3 Å². The van der Waals surface area contributed by atoms with Crippen LogP contribution in [0.1, 0.15) is 10.4 Å². The number of hydrogen-bond donors (Lipinski definition) is 2. The molecule has 1 amide bonds. The Morgan fingerprint density at radius 2 is 2.00 bits per heavy atom. The molecule has 0 fully saturated rings. The van der Waals surface area contributed by atoms with E-state index in [1.807, 2.05) is 0 Å². The van der Waals surface area contributed by atoms with Crippen LogP contribution in [0.15, 0.2) is 31.0 Å². The molecule has 140 valence electrons. The van der Waals surface area contributed by atoms with E-state index in [1.165, 1.54) is 12.4 Å². The zero-order chi connectivity index (χ0) is 20.0. The number of anilines is 2. The second-order valence-electron chi connectivity index (χ2n) is 6.05. The lowest BCUT2D eigenvalue weighted by atomic mass is 10.1. The standard InChI is InChI=1S/C16H13BF2N8O/c1-26-10(5-23-16(26)17)11-8(19)3-21-4-9(11)24-15(28)12-13(20)25-27-6-7(18)2-22-14(12)27/h2-6H,17H2,1H3,(H2,20,25)(H,24,28). The molecule has 0 unspecified atom stereocenters. The van der Waals surface area contributed by atoms with E-state index in [0.29, 0.717) is 11.4 Å². The van der Waals surface area contributed by atoms with Gasteiger partial charge in [0.1, 0.15) is 5.56 Å². The number of carbonyl (C=O) groups is 1. The van der Waals surface area contributed by atoms with Gasteiger partial charge in [0.25, 0.3) is 5.91 Å². The smallest absolute Gasteiger partial charge is 0.263 e. The molecule has 12 heteroatoms. The number of carbonyl (C=O) groups excluding carboxylic acids is 1. The highest BCUT2D eigenvalue weighted by molar-refractivity contribution is 6.29. The second kappa shape index (κ2) is 6.41. The third kappa shape index (κ3) is 2.75. The summed E-state index contributed by atoms with van der Waals surface area (Å²) in [4.78, 5) is 24.6. The van der Waals surface area contributed by atoms with Gasteiger partial charge in [-0.2, -0.15) is 0 Å².